The molecule has 3 rings (SSSR count). The van der Waals surface area contributed by atoms with Crippen LogP contribution in [0.4, 0.5) is 18.9 Å². The molecule has 1 amide bonds. The molecule has 0 spiro atoms. The van der Waals surface area contributed by atoms with E-state index in [0.717, 1.165) is 18.2 Å². The molecule has 0 saturated carbocycles. The SMILES string of the molecule is CCOC(=O)CC1(C(C#N)c2ccccc2N(C)C)CCN(C(=O)[C@](C)(c2ccccc2)C(F)(F)F)CC1. The Morgan fingerprint density at radius 1 is 1.08 bits per heavy atom. The first-order valence-electron chi connectivity index (χ1n) is 12.6. The van der Waals surface area contributed by atoms with Gasteiger partial charge in [0.25, 0.3) is 0 Å². The second-order valence-electron chi connectivity index (χ2n) is 10.1. The first-order chi connectivity index (χ1) is 17.9. The zero-order valence-electron chi connectivity index (χ0n) is 22.2. The number of rotatable bonds is 8. The van der Waals surface area contributed by atoms with E-state index >= 15 is 0 Å². The minimum absolute atomic E-state index is 0.0148. The molecule has 2 atom stereocenters. The number of halogens is 3. The van der Waals surface area contributed by atoms with E-state index in [1.54, 1.807) is 13.0 Å². The van der Waals surface area contributed by atoms with Crippen LogP contribution >= 0.6 is 0 Å². The van der Waals surface area contributed by atoms with Crippen molar-refractivity contribution in [2.75, 3.05) is 38.7 Å². The van der Waals surface area contributed by atoms with Crippen LogP contribution in [0.2, 0.25) is 0 Å². The quantitative estimate of drug-likeness (QED) is 0.426. The summed E-state index contributed by atoms with van der Waals surface area (Å²) >= 11 is 0. The van der Waals surface area contributed by atoms with Gasteiger partial charge in [0.05, 0.1) is 25.0 Å². The van der Waals surface area contributed by atoms with Gasteiger partial charge in [-0.3, -0.25) is 9.59 Å². The Kier molecular flexibility index (Phi) is 8.75. The fourth-order valence-corrected chi connectivity index (χ4v) is 5.39. The second-order valence-corrected chi connectivity index (χ2v) is 10.1. The highest BCUT2D eigenvalue weighted by Crippen LogP contribution is 2.50. The van der Waals surface area contributed by atoms with Crippen LogP contribution < -0.4 is 4.90 Å². The summed E-state index contributed by atoms with van der Waals surface area (Å²) in [6.45, 7) is 2.75. The van der Waals surface area contributed by atoms with Crippen LogP contribution in [0.3, 0.4) is 0 Å². The monoisotopic (exact) mass is 529 g/mol. The van der Waals surface area contributed by atoms with E-state index in [1.165, 1.54) is 29.2 Å². The molecule has 0 bridgehead atoms. The Balaban J connectivity index is 1.98. The summed E-state index contributed by atoms with van der Waals surface area (Å²) in [5, 5.41) is 10.4. The molecule has 0 aromatic heterocycles. The van der Waals surface area contributed by atoms with Crippen molar-refractivity contribution in [3.05, 3.63) is 65.7 Å². The second kappa shape index (κ2) is 11.5. The fraction of sp³-hybridized carbons (Fsp3) is 0.483. The summed E-state index contributed by atoms with van der Waals surface area (Å²) in [6.07, 6.45) is -4.52. The van der Waals surface area contributed by atoms with E-state index in [0.29, 0.717) is 0 Å². The van der Waals surface area contributed by atoms with Crippen LogP contribution in [0, 0.1) is 16.7 Å². The predicted molar refractivity (Wildman–Crippen MR) is 138 cm³/mol. The molecule has 1 unspecified atom stereocenters. The summed E-state index contributed by atoms with van der Waals surface area (Å²) in [4.78, 5) is 29.3. The van der Waals surface area contributed by atoms with Gasteiger partial charge in [-0.15, -0.1) is 0 Å². The zero-order valence-corrected chi connectivity index (χ0v) is 22.2. The fourth-order valence-electron chi connectivity index (χ4n) is 5.39. The molecule has 0 aliphatic carbocycles. The number of anilines is 1. The summed E-state index contributed by atoms with van der Waals surface area (Å²) in [5.41, 5.74) is -2.22. The standard InChI is InChI=1S/C29H34F3N3O3/c1-5-38-25(36)19-28(23(20-33)22-13-9-10-14-24(22)34(3)4)15-17-35(18-16-28)26(37)27(2,29(30,31)32)21-11-7-6-8-12-21/h6-14,23H,5,15-19H2,1-4H3/t23?,27-/m0/s1. The average Bonchev–Trinajstić information content (AvgIpc) is 2.89. The van der Waals surface area contributed by atoms with Crippen molar-refractivity contribution in [1.29, 1.82) is 5.26 Å². The molecule has 1 saturated heterocycles. The van der Waals surface area contributed by atoms with Gasteiger partial charge in [0.1, 0.15) is 0 Å². The highest BCUT2D eigenvalue weighted by molar-refractivity contribution is 5.89. The third kappa shape index (κ3) is 5.50. The lowest BCUT2D eigenvalue weighted by molar-refractivity contribution is -0.198. The number of alkyl halides is 3. The molecule has 2 aromatic carbocycles. The highest BCUT2D eigenvalue weighted by atomic mass is 19.4. The Bertz CT molecular complexity index is 1170. The van der Waals surface area contributed by atoms with E-state index in [-0.39, 0.29) is 44.5 Å². The molecular formula is C29H34F3N3O3. The van der Waals surface area contributed by atoms with Gasteiger partial charge in [-0.2, -0.15) is 18.4 Å². The van der Waals surface area contributed by atoms with Gasteiger partial charge >= 0.3 is 12.1 Å². The van der Waals surface area contributed by atoms with E-state index in [1.807, 2.05) is 43.3 Å². The van der Waals surface area contributed by atoms with Gasteiger partial charge in [0.15, 0.2) is 5.41 Å². The van der Waals surface area contributed by atoms with E-state index in [4.69, 9.17) is 4.74 Å². The first-order valence-corrected chi connectivity index (χ1v) is 12.6. The molecule has 9 heteroatoms. The average molecular weight is 530 g/mol. The molecule has 0 N–H and O–H groups in total. The van der Waals surface area contributed by atoms with Crippen molar-refractivity contribution in [2.45, 2.75) is 50.6 Å². The number of piperidine rings is 1. The number of hydrogen-bond donors (Lipinski definition) is 0. The molecule has 204 valence electrons. The summed E-state index contributed by atoms with van der Waals surface area (Å²) in [6, 6.07) is 16.9. The number of carbonyl (C=O) groups is 2. The minimum atomic E-state index is -4.81. The van der Waals surface area contributed by atoms with Gasteiger partial charge in [-0.1, -0.05) is 48.5 Å². The van der Waals surface area contributed by atoms with Crippen LogP contribution in [-0.2, 0) is 19.7 Å². The van der Waals surface area contributed by atoms with Crippen molar-refractivity contribution in [1.82, 2.24) is 4.90 Å². The number of amides is 1. The number of nitriles is 1. The number of esters is 1. The van der Waals surface area contributed by atoms with Crippen LogP contribution in [0.15, 0.2) is 54.6 Å². The molecular weight excluding hydrogens is 495 g/mol. The van der Waals surface area contributed by atoms with E-state index < -0.39 is 34.8 Å². The normalized spacial score (nSPS) is 17.6. The minimum Gasteiger partial charge on any atom is -0.466 e. The maximum atomic E-state index is 14.4. The summed E-state index contributed by atoms with van der Waals surface area (Å²) in [7, 11) is 3.71. The van der Waals surface area contributed by atoms with Gasteiger partial charge < -0.3 is 14.5 Å². The summed E-state index contributed by atoms with van der Waals surface area (Å²) in [5.74, 6) is -2.24. The molecule has 1 fully saturated rings. The Morgan fingerprint density at radius 3 is 2.18 bits per heavy atom. The third-order valence-corrected chi connectivity index (χ3v) is 7.67. The Labute approximate surface area is 222 Å². The Morgan fingerprint density at radius 2 is 1.66 bits per heavy atom. The smallest absolute Gasteiger partial charge is 0.406 e. The number of carbonyl (C=O) groups excluding carboxylic acids is 2. The highest BCUT2D eigenvalue weighted by Gasteiger charge is 2.60. The molecule has 1 heterocycles. The first kappa shape index (κ1) is 29.0. The lowest BCUT2D eigenvalue weighted by Crippen LogP contribution is -2.56. The van der Waals surface area contributed by atoms with Gasteiger partial charge in [0.2, 0.25) is 5.91 Å². The number of benzene rings is 2. The van der Waals surface area contributed by atoms with Crippen LogP contribution in [-0.4, -0.2) is 56.7 Å². The Hall–Kier alpha value is -3.54. The largest absolute Gasteiger partial charge is 0.466 e. The van der Waals surface area contributed by atoms with Crippen LogP contribution in [0.1, 0.15) is 50.2 Å². The van der Waals surface area contributed by atoms with Crippen LogP contribution in [0.25, 0.3) is 0 Å². The lowest BCUT2D eigenvalue weighted by Gasteiger charge is -2.46. The maximum Gasteiger partial charge on any atom is 0.406 e. The molecule has 1 aliphatic heterocycles. The third-order valence-electron chi connectivity index (χ3n) is 7.67. The van der Waals surface area contributed by atoms with Crippen molar-refractivity contribution in [3.63, 3.8) is 0 Å². The summed E-state index contributed by atoms with van der Waals surface area (Å²) < 4.78 is 48.3. The lowest BCUT2D eigenvalue weighted by atomic mass is 9.64. The van der Waals surface area contributed by atoms with Crippen molar-refractivity contribution < 1.29 is 27.5 Å². The molecule has 0 radical (unpaired) electrons. The number of likely N-dealkylation sites (tertiary alicyclic amines) is 1. The zero-order chi connectivity index (χ0) is 28.1. The van der Waals surface area contributed by atoms with Gasteiger partial charge in [0, 0.05) is 38.3 Å². The number of nitrogens with zero attached hydrogens (tertiary/aromatic N) is 3. The van der Waals surface area contributed by atoms with Crippen molar-refractivity contribution in [3.8, 4) is 6.07 Å². The molecule has 2 aromatic rings. The maximum absolute atomic E-state index is 14.4. The number of para-hydroxylation sites is 1. The topological polar surface area (TPSA) is 73.6 Å². The van der Waals surface area contributed by atoms with E-state index in [9.17, 15) is 28.0 Å². The molecule has 6 nitrogen and oxygen atoms in total. The van der Waals surface area contributed by atoms with Crippen LogP contribution in [0.5, 0.6) is 0 Å². The van der Waals surface area contributed by atoms with E-state index in [2.05, 4.69) is 6.07 Å². The number of hydrogen-bond acceptors (Lipinski definition) is 5. The predicted octanol–water partition coefficient (Wildman–Crippen LogP) is 5.44. The van der Waals surface area contributed by atoms with Crippen molar-refractivity contribution >= 4 is 17.6 Å². The number of ether oxygens (including phenoxy) is 1. The van der Waals surface area contributed by atoms with Crippen molar-refractivity contribution in [2.24, 2.45) is 5.41 Å². The molecule has 38 heavy (non-hydrogen) atoms. The van der Waals surface area contributed by atoms with Gasteiger partial charge in [-0.25, -0.2) is 0 Å². The molecule has 1 aliphatic rings. The van der Waals surface area contributed by atoms with Gasteiger partial charge in [-0.05, 0) is 43.9 Å².